The van der Waals surface area contributed by atoms with Crippen molar-refractivity contribution < 1.29 is 13.2 Å². The Morgan fingerprint density at radius 3 is 2.61 bits per heavy atom. The number of aromatic nitrogens is 2. The van der Waals surface area contributed by atoms with Gasteiger partial charge in [-0.25, -0.2) is 4.98 Å². The van der Waals surface area contributed by atoms with Crippen LogP contribution in [0, 0.1) is 11.3 Å². The number of nitriles is 1. The van der Waals surface area contributed by atoms with Crippen molar-refractivity contribution in [2.75, 3.05) is 0 Å². The highest BCUT2D eigenvalue weighted by molar-refractivity contribution is 5.76. The van der Waals surface area contributed by atoms with E-state index in [0.29, 0.717) is 0 Å². The van der Waals surface area contributed by atoms with Gasteiger partial charge < -0.3 is 4.57 Å². The van der Waals surface area contributed by atoms with Crippen molar-refractivity contribution in [1.82, 2.24) is 9.55 Å². The van der Waals surface area contributed by atoms with E-state index >= 15 is 0 Å². The highest BCUT2D eigenvalue weighted by Crippen LogP contribution is 2.26. The molecule has 92 valence electrons. The van der Waals surface area contributed by atoms with Crippen molar-refractivity contribution in [3.8, 4) is 6.07 Å². The van der Waals surface area contributed by atoms with Gasteiger partial charge in [0.2, 0.25) is 5.69 Å². The van der Waals surface area contributed by atoms with Crippen LogP contribution in [-0.4, -0.2) is 9.55 Å². The Morgan fingerprint density at radius 1 is 1.39 bits per heavy atom. The van der Waals surface area contributed by atoms with Crippen molar-refractivity contribution in [2.45, 2.75) is 6.18 Å². The summed E-state index contributed by atoms with van der Waals surface area (Å²) in [5, 5.41) is 8.68. The van der Waals surface area contributed by atoms with E-state index in [1.807, 2.05) is 0 Å². The van der Waals surface area contributed by atoms with Crippen LogP contribution in [0.5, 0.6) is 0 Å². The fourth-order valence-electron chi connectivity index (χ4n) is 1.59. The summed E-state index contributed by atoms with van der Waals surface area (Å²) in [5.41, 5.74) is -2.30. The van der Waals surface area contributed by atoms with Crippen molar-refractivity contribution in [2.24, 2.45) is 7.05 Å². The molecule has 0 amide bonds. The van der Waals surface area contributed by atoms with Crippen LogP contribution in [0.15, 0.2) is 23.0 Å². The molecule has 0 aliphatic carbocycles. The number of alkyl halides is 3. The zero-order valence-electron chi connectivity index (χ0n) is 9.12. The fourth-order valence-corrected chi connectivity index (χ4v) is 1.59. The minimum atomic E-state index is -4.81. The van der Waals surface area contributed by atoms with Crippen molar-refractivity contribution in [3.05, 3.63) is 39.8 Å². The zero-order chi connectivity index (χ0) is 13.5. The first-order valence-corrected chi connectivity index (χ1v) is 4.82. The van der Waals surface area contributed by atoms with Crippen LogP contribution in [0.3, 0.4) is 0 Å². The molecule has 4 nitrogen and oxygen atoms in total. The first-order chi connectivity index (χ1) is 8.34. The van der Waals surface area contributed by atoms with E-state index < -0.39 is 17.4 Å². The Labute approximate surface area is 98.9 Å². The minimum absolute atomic E-state index is 0.0384. The van der Waals surface area contributed by atoms with E-state index in [9.17, 15) is 18.0 Å². The Kier molecular flexibility index (Phi) is 2.58. The van der Waals surface area contributed by atoms with Gasteiger partial charge in [-0.15, -0.1) is 0 Å². The highest BCUT2D eigenvalue weighted by atomic mass is 19.4. The molecule has 0 atom stereocenters. The molecule has 0 bridgehead atoms. The Bertz CT molecular complexity index is 725. The van der Waals surface area contributed by atoms with Gasteiger partial charge in [-0.05, 0) is 18.2 Å². The van der Waals surface area contributed by atoms with Crippen molar-refractivity contribution >= 4 is 11.0 Å². The molecule has 1 aromatic heterocycles. The third-order valence-electron chi connectivity index (χ3n) is 2.47. The normalized spacial score (nSPS) is 11.5. The van der Waals surface area contributed by atoms with E-state index in [-0.39, 0.29) is 16.6 Å². The van der Waals surface area contributed by atoms with Crippen LogP contribution in [0.1, 0.15) is 11.3 Å². The van der Waals surface area contributed by atoms with Gasteiger partial charge >= 0.3 is 6.18 Å². The molecular weight excluding hydrogens is 247 g/mol. The van der Waals surface area contributed by atoms with Crippen LogP contribution >= 0.6 is 0 Å². The summed E-state index contributed by atoms with van der Waals surface area (Å²) >= 11 is 0. The number of nitrogens with zero attached hydrogens (tertiary/aromatic N) is 3. The van der Waals surface area contributed by atoms with Crippen LogP contribution in [0.4, 0.5) is 13.2 Å². The van der Waals surface area contributed by atoms with E-state index in [1.165, 1.54) is 25.2 Å². The first kappa shape index (κ1) is 12.1. The third kappa shape index (κ3) is 1.82. The quantitative estimate of drug-likeness (QED) is 0.719. The van der Waals surface area contributed by atoms with Crippen LogP contribution < -0.4 is 5.56 Å². The molecule has 0 aliphatic rings. The molecule has 0 radical (unpaired) electrons. The lowest BCUT2D eigenvalue weighted by Crippen LogP contribution is -2.29. The maximum atomic E-state index is 12.6. The standard InChI is InChI=1S/C11H6F3N3O/c1-17-8-3-2-6(5-15)4-7(8)16-9(10(17)18)11(12,13)14/h2-4H,1H3. The lowest BCUT2D eigenvalue weighted by atomic mass is 10.2. The molecule has 1 heterocycles. The van der Waals surface area contributed by atoms with Gasteiger partial charge in [-0.2, -0.15) is 18.4 Å². The van der Waals surface area contributed by atoms with E-state index in [2.05, 4.69) is 4.98 Å². The summed E-state index contributed by atoms with van der Waals surface area (Å²) in [5.74, 6) is 0. The van der Waals surface area contributed by atoms with Gasteiger partial charge in [0.1, 0.15) is 0 Å². The average Bonchev–Trinajstić information content (AvgIpc) is 2.31. The molecule has 7 heteroatoms. The molecule has 18 heavy (non-hydrogen) atoms. The predicted octanol–water partition coefficient (Wildman–Crippen LogP) is 1.82. The monoisotopic (exact) mass is 253 g/mol. The summed E-state index contributed by atoms with van der Waals surface area (Å²) in [6.07, 6.45) is -4.81. The summed E-state index contributed by atoms with van der Waals surface area (Å²) in [6.45, 7) is 0. The average molecular weight is 253 g/mol. The maximum Gasteiger partial charge on any atom is 0.438 e. The summed E-state index contributed by atoms with van der Waals surface area (Å²) in [6, 6.07) is 5.82. The van der Waals surface area contributed by atoms with Crippen LogP contribution in [-0.2, 0) is 13.2 Å². The number of halogens is 3. The topological polar surface area (TPSA) is 58.7 Å². The molecule has 0 N–H and O–H groups in total. The molecule has 1 aromatic carbocycles. The number of hydrogen-bond acceptors (Lipinski definition) is 3. The molecule has 0 saturated heterocycles. The smallest absolute Gasteiger partial charge is 0.308 e. The van der Waals surface area contributed by atoms with E-state index in [0.717, 1.165) is 4.57 Å². The van der Waals surface area contributed by atoms with Crippen molar-refractivity contribution in [1.29, 1.82) is 5.26 Å². The van der Waals surface area contributed by atoms with Crippen molar-refractivity contribution in [3.63, 3.8) is 0 Å². The highest BCUT2D eigenvalue weighted by Gasteiger charge is 2.37. The number of benzene rings is 1. The second kappa shape index (κ2) is 3.84. The second-order valence-corrected chi connectivity index (χ2v) is 3.64. The zero-order valence-corrected chi connectivity index (χ0v) is 9.12. The molecule has 2 aromatic rings. The molecule has 0 aliphatic heterocycles. The van der Waals surface area contributed by atoms with Gasteiger partial charge in [0.15, 0.2) is 0 Å². The SMILES string of the molecule is Cn1c(=O)c(C(F)(F)F)nc2cc(C#N)ccc21. The van der Waals surface area contributed by atoms with Gasteiger partial charge in [0.25, 0.3) is 5.56 Å². The minimum Gasteiger partial charge on any atom is -0.308 e. The van der Waals surface area contributed by atoms with Crippen LogP contribution in [0.25, 0.3) is 11.0 Å². The number of hydrogen-bond donors (Lipinski definition) is 0. The molecular formula is C11H6F3N3O. The lowest BCUT2D eigenvalue weighted by molar-refractivity contribution is -0.142. The number of aryl methyl sites for hydroxylation is 1. The Balaban J connectivity index is 2.90. The van der Waals surface area contributed by atoms with Crippen LogP contribution in [0.2, 0.25) is 0 Å². The number of rotatable bonds is 0. The maximum absolute atomic E-state index is 12.6. The van der Waals surface area contributed by atoms with Gasteiger partial charge in [-0.3, -0.25) is 4.79 Å². The molecule has 2 rings (SSSR count). The third-order valence-corrected chi connectivity index (χ3v) is 2.47. The summed E-state index contributed by atoms with van der Waals surface area (Å²) in [7, 11) is 1.23. The molecule has 0 fully saturated rings. The van der Waals surface area contributed by atoms with Gasteiger partial charge in [-0.1, -0.05) is 0 Å². The van der Waals surface area contributed by atoms with E-state index in [4.69, 9.17) is 5.26 Å². The van der Waals surface area contributed by atoms with E-state index in [1.54, 1.807) is 6.07 Å². The molecule has 0 saturated carbocycles. The summed E-state index contributed by atoms with van der Waals surface area (Å²) < 4.78 is 38.7. The number of fused-ring (bicyclic) bond motifs is 1. The molecule has 0 unspecified atom stereocenters. The lowest BCUT2D eigenvalue weighted by Gasteiger charge is -2.09. The Hall–Kier alpha value is -2.36. The Morgan fingerprint density at radius 2 is 2.06 bits per heavy atom. The largest absolute Gasteiger partial charge is 0.438 e. The molecule has 0 spiro atoms. The first-order valence-electron chi connectivity index (χ1n) is 4.82. The predicted molar refractivity (Wildman–Crippen MR) is 56.7 cm³/mol. The summed E-state index contributed by atoms with van der Waals surface area (Å²) in [4.78, 5) is 14.8. The fraction of sp³-hybridized carbons (Fsp3) is 0.182. The van der Waals surface area contributed by atoms with Gasteiger partial charge in [0.05, 0.1) is 22.7 Å². The van der Waals surface area contributed by atoms with Gasteiger partial charge in [0, 0.05) is 7.05 Å². The second-order valence-electron chi connectivity index (χ2n) is 3.64.